The first kappa shape index (κ1) is 10.1. The van der Waals surface area contributed by atoms with Crippen molar-refractivity contribution in [3.8, 4) is 10.8 Å². The minimum atomic E-state index is 0.860. The Bertz CT molecular complexity index is 445. The molecule has 4 heteroatoms. The highest BCUT2D eigenvalue weighted by atomic mass is 32.1. The molecular formula is C12H14N2OS. The molecule has 1 saturated carbocycles. The van der Waals surface area contributed by atoms with Gasteiger partial charge in [-0.25, -0.2) is 4.98 Å². The molecule has 3 nitrogen and oxygen atoms in total. The van der Waals surface area contributed by atoms with Gasteiger partial charge in [-0.15, -0.1) is 11.3 Å². The summed E-state index contributed by atoms with van der Waals surface area (Å²) in [4.78, 5) is 4.53. The minimum absolute atomic E-state index is 0.860. The number of furan rings is 1. The van der Waals surface area contributed by atoms with E-state index in [-0.39, 0.29) is 0 Å². The molecule has 3 rings (SSSR count). The second-order valence-corrected chi connectivity index (χ2v) is 5.05. The molecule has 0 spiro atoms. The Balaban J connectivity index is 1.59. The predicted octanol–water partition coefficient (Wildman–Crippen LogP) is 2.90. The van der Waals surface area contributed by atoms with E-state index >= 15 is 0 Å². The van der Waals surface area contributed by atoms with Crippen LogP contribution in [0.1, 0.15) is 18.5 Å². The van der Waals surface area contributed by atoms with E-state index in [0.717, 1.165) is 35.5 Å². The van der Waals surface area contributed by atoms with Crippen LogP contribution in [0.5, 0.6) is 0 Å². The van der Waals surface area contributed by atoms with Gasteiger partial charge in [-0.1, -0.05) is 0 Å². The lowest BCUT2D eigenvalue weighted by Gasteiger charge is -1.99. The number of rotatable bonds is 5. The fraction of sp³-hybridized carbons (Fsp3) is 0.417. The summed E-state index contributed by atoms with van der Waals surface area (Å²) in [6.07, 6.45) is 4.46. The molecule has 1 aliphatic rings. The quantitative estimate of drug-likeness (QED) is 0.864. The summed E-state index contributed by atoms with van der Waals surface area (Å²) >= 11 is 1.64. The summed E-state index contributed by atoms with van der Waals surface area (Å²) in [6.45, 7) is 2.00. The molecule has 0 saturated heterocycles. The van der Waals surface area contributed by atoms with Crippen molar-refractivity contribution < 1.29 is 4.42 Å². The average molecular weight is 234 g/mol. The molecule has 0 aliphatic heterocycles. The van der Waals surface area contributed by atoms with Gasteiger partial charge in [0.05, 0.1) is 12.0 Å². The minimum Gasteiger partial charge on any atom is -0.462 e. The van der Waals surface area contributed by atoms with Crippen LogP contribution in [0, 0.1) is 5.92 Å². The monoisotopic (exact) mass is 234 g/mol. The molecule has 1 N–H and O–H groups in total. The summed E-state index contributed by atoms with van der Waals surface area (Å²) in [5.74, 6) is 1.78. The first-order chi connectivity index (χ1) is 7.92. The van der Waals surface area contributed by atoms with Gasteiger partial charge in [0.2, 0.25) is 0 Å². The molecule has 1 aliphatic carbocycles. The highest BCUT2D eigenvalue weighted by Gasteiger charge is 2.20. The molecule has 16 heavy (non-hydrogen) atoms. The number of hydrogen-bond acceptors (Lipinski definition) is 4. The Morgan fingerprint density at radius 1 is 1.50 bits per heavy atom. The van der Waals surface area contributed by atoms with Crippen molar-refractivity contribution in [2.45, 2.75) is 19.4 Å². The third kappa shape index (κ3) is 2.33. The first-order valence-corrected chi connectivity index (χ1v) is 6.49. The molecule has 2 heterocycles. The Hall–Kier alpha value is -1.13. The van der Waals surface area contributed by atoms with Crippen LogP contribution >= 0.6 is 11.3 Å². The third-order valence-corrected chi connectivity index (χ3v) is 3.63. The van der Waals surface area contributed by atoms with Crippen molar-refractivity contribution >= 4 is 11.3 Å². The Kier molecular flexibility index (Phi) is 2.76. The van der Waals surface area contributed by atoms with Gasteiger partial charge in [-0.2, -0.15) is 0 Å². The number of aromatic nitrogens is 1. The lowest BCUT2D eigenvalue weighted by Crippen LogP contribution is -2.16. The van der Waals surface area contributed by atoms with E-state index in [1.54, 1.807) is 17.6 Å². The number of hydrogen-bond donors (Lipinski definition) is 1. The van der Waals surface area contributed by atoms with E-state index in [2.05, 4.69) is 15.7 Å². The molecule has 1 fully saturated rings. The molecule has 2 aromatic heterocycles. The van der Waals surface area contributed by atoms with Crippen molar-refractivity contribution in [1.29, 1.82) is 0 Å². The lowest BCUT2D eigenvalue weighted by atomic mass is 10.4. The van der Waals surface area contributed by atoms with E-state index in [4.69, 9.17) is 4.42 Å². The smallest absolute Gasteiger partial charge is 0.162 e. The van der Waals surface area contributed by atoms with E-state index in [1.807, 2.05) is 12.1 Å². The van der Waals surface area contributed by atoms with Gasteiger partial charge in [0, 0.05) is 11.9 Å². The van der Waals surface area contributed by atoms with Gasteiger partial charge in [0.25, 0.3) is 0 Å². The summed E-state index contributed by atoms with van der Waals surface area (Å²) < 4.78 is 5.31. The normalized spacial score (nSPS) is 15.5. The summed E-state index contributed by atoms with van der Waals surface area (Å²) in [5.41, 5.74) is 1.11. The third-order valence-electron chi connectivity index (χ3n) is 2.72. The maximum Gasteiger partial charge on any atom is 0.162 e. The fourth-order valence-corrected chi connectivity index (χ4v) is 2.41. The SMILES string of the molecule is c1coc(-c2nc(CNCC3CC3)cs2)c1. The lowest BCUT2D eigenvalue weighted by molar-refractivity contribution is 0.581. The van der Waals surface area contributed by atoms with Gasteiger partial charge >= 0.3 is 0 Å². The van der Waals surface area contributed by atoms with Crippen LogP contribution in [0.15, 0.2) is 28.2 Å². The standard InChI is InChI=1S/C12H14N2OS/c1-2-11(15-5-1)12-14-10(8-16-12)7-13-6-9-3-4-9/h1-2,5,8-9,13H,3-4,6-7H2. The highest BCUT2D eigenvalue weighted by molar-refractivity contribution is 7.13. The Morgan fingerprint density at radius 3 is 3.19 bits per heavy atom. The van der Waals surface area contributed by atoms with Crippen LogP contribution in [0.25, 0.3) is 10.8 Å². The molecule has 0 bridgehead atoms. The fourth-order valence-electron chi connectivity index (χ4n) is 1.63. The van der Waals surface area contributed by atoms with Gasteiger partial charge in [0.1, 0.15) is 0 Å². The second-order valence-electron chi connectivity index (χ2n) is 4.20. The Morgan fingerprint density at radius 2 is 2.44 bits per heavy atom. The molecular weight excluding hydrogens is 220 g/mol. The molecule has 84 valence electrons. The van der Waals surface area contributed by atoms with Crippen molar-refractivity contribution in [2.24, 2.45) is 5.92 Å². The molecule has 0 amide bonds. The zero-order chi connectivity index (χ0) is 10.8. The van der Waals surface area contributed by atoms with Crippen LogP contribution in [0.4, 0.5) is 0 Å². The maximum absolute atomic E-state index is 5.31. The predicted molar refractivity (Wildman–Crippen MR) is 64.2 cm³/mol. The zero-order valence-electron chi connectivity index (χ0n) is 8.98. The molecule has 0 radical (unpaired) electrons. The van der Waals surface area contributed by atoms with Crippen LogP contribution in [0.2, 0.25) is 0 Å². The van der Waals surface area contributed by atoms with Crippen molar-refractivity contribution in [1.82, 2.24) is 10.3 Å². The second kappa shape index (κ2) is 4.39. The van der Waals surface area contributed by atoms with Gasteiger partial charge in [-0.05, 0) is 37.4 Å². The van der Waals surface area contributed by atoms with Crippen LogP contribution in [-0.2, 0) is 6.54 Å². The van der Waals surface area contributed by atoms with Crippen molar-refractivity contribution in [2.75, 3.05) is 6.54 Å². The van der Waals surface area contributed by atoms with E-state index in [1.165, 1.54) is 12.8 Å². The van der Waals surface area contributed by atoms with Crippen molar-refractivity contribution in [3.05, 3.63) is 29.5 Å². The van der Waals surface area contributed by atoms with E-state index in [0.29, 0.717) is 0 Å². The van der Waals surface area contributed by atoms with Crippen molar-refractivity contribution in [3.63, 3.8) is 0 Å². The van der Waals surface area contributed by atoms with E-state index in [9.17, 15) is 0 Å². The van der Waals surface area contributed by atoms with Crippen LogP contribution in [-0.4, -0.2) is 11.5 Å². The largest absolute Gasteiger partial charge is 0.462 e. The number of nitrogens with zero attached hydrogens (tertiary/aromatic N) is 1. The van der Waals surface area contributed by atoms with E-state index < -0.39 is 0 Å². The number of nitrogens with one attached hydrogen (secondary N) is 1. The Labute approximate surface area is 98.5 Å². The maximum atomic E-state index is 5.31. The summed E-state index contributed by atoms with van der Waals surface area (Å²) in [6, 6.07) is 3.84. The van der Waals surface area contributed by atoms with Crippen LogP contribution in [0.3, 0.4) is 0 Å². The first-order valence-electron chi connectivity index (χ1n) is 5.61. The van der Waals surface area contributed by atoms with Gasteiger partial charge in [-0.3, -0.25) is 0 Å². The summed E-state index contributed by atoms with van der Waals surface area (Å²) in [5, 5.41) is 6.50. The molecule has 0 atom stereocenters. The van der Waals surface area contributed by atoms with Gasteiger partial charge < -0.3 is 9.73 Å². The molecule has 2 aromatic rings. The average Bonchev–Trinajstić information content (AvgIpc) is 2.83. The van der Waals surface area contributed by atoms with Gasteiger partial charge in [0.15, 0.2) is 10.8 Å². The van der Waals surface area contributed by atoms with Crippen LogP contribution < -0.4 is 5.32 Å². The number of thiazole rings is 1. The molecule has 0 unspecified atom stereocenters. The summed E-state index contributed by atoms with van der Waals surface area (Å²) in [7, 11) is 0. The zero-order valence-corrected chi connectivity index (χ0v) is 9.80. The molecule has 0 aromatic carbocycles. The highest BCUT2D eigenvalue weighted by Crippen LogP contribution is 2.28. The topological polar surface area (TPSA) is 38.1 Å².